The summed E-state index contributed by atoms with van der Waals surface area (Å²) in [6.07, 6.45) is 40.2. The molecule has 7 aromatic rings. The SMILES string of the molecule is C=CC1(O)C(=Cc2ccccc2)CCCC1CN(C)C.CN(C)CC1CCCC(=Cc2ccccc2)C1(O)C1CCCC1.CN(C)CC1CCCC(=Cc2ccccc2)C1(O)C1CCCCC1.CN(C)CC1CCCC(=Cc2ccccc2)C1(O)c1ccc(C(C)(C)C)cc1.Cc1cccc(C2(O)C(=Cc3ccccc3)CCCC2CN(C)C)c1. The van der Waals surface area contributed by atoms with Crippen molar-refractivity contribution in [2.24, 2.45) is 41.4 Å². The number of aliphatic hydroxyl groups is 5. The first-order chi connectivity index (χ1) is 57.5. The van der Waals surface area contributed by atoms with E-state index in [1.54, 1.807) is 6.08 Å². The highest BCUT2D eigenvalue weighted by Crippen LogP contribution is 2.53. The Bertz CT molecular complexity index is 4380. The number of rotatable bonds is 20. The quantitative estimate of drug-likeness (QED) is 0.0472. The van der Waals surface area contributed by atoms with Crippen LogP contribution in [0, 0.1) is 48.3 Å². The van der Waals surface area contributed by atoms with Crippen LogP contribution in [0.1, 0.15) is 225 Å². The van der Waals surface area contributed by atoms with Gasteiger partial charge in [-0.25, -0.2) is 0 Å². The van der Waals surface area contributed by atoms with E-state index >= 15 is 0 Å². The Labute approximate surface area is 726 Å². The average molecular weight is 1630 g/mol. The first-order valence-corrected chi connectivity index (χ1v) is 46.0. The lowest BCUT2D eigenvalue weighted by atomic mass is 9.61. The Morgan fingerprint density at radius 3 is 0.950 bits per heavy atom. The van der Waals surface area contributed by atoms with Gasteiger partial charge in [0, 0.05) is 62.3 Å². The lowest BCUT2D eigenvalue weighted by Gasteiger charge is -2.49. The zero-order valence-electron chi connectivity index (χ0n) is 76.2. The summed E-state index contributed by atoms with van der Waals surface area (Å²) < 4.78 is 0. The Hall–Kier alpha value is -7.42. The molecule has 10 heteroatoms. The Morgan fingerprint density at radius 1 is 0.317 bits per heavy atom. The van der Waals surface area contributed by atoms with Gasteiger partial charge in [0.25, 0.3) is 0 Å². The van der Waals surface area contributed by atoms with Crippen LogP contribution in [0.3, 0.4) is 0 Å². The molecular formula is C110H153N5O5. The van der Waals surface area contributed by atoms with Crippen molar-refractivity contribution in [2.45, 2.75) is 215 Å². The summed E-state index contributed by atoms with van der Waals surface area (Å²) in [5.74, 6) is 2.22. The van der Waals surface area contributed by atoms with Crippen molar-refractivity contribution in [3.8, 4) is 0 Å². The third-order valence-electron chi connectivity index (χ3n) is 27.4. The van der Waals surface area contributed by atoms with Crippen molar-refractivity contribution in [3.05, 3.63) is 291 Å². The lowest BCUT2D eigenvalue weighted by Crippen LogP contribution is -2.52. The van der Waals surface area contributed by atoms with E-state index in [9.17, 15) is 25.5 Å². The van der Waals surface area contributed by atoms with Crippen molar-refractivity contribution in [1.29, 1.82) is 0 Å². The molecule has 10 unspecified atom stereocenters. The highest BCUT2D eigenvalue weighted by atomic mass is 16.3. The number of hydrogen-bond acceptors (Lipinski definition) is 10. The van der Waals surface area contributed by atoms with Gasteiger partial charge in [0.2, 0.25) is 0 Å². The minimum absolute atomic E-state index is 0.111. The van der Waals surface area contributed by atoms with Crippen LogP contribution in [0.15, 0.2) is 241 Å². The van der Waals surface area contributed by atoms with Crippen LogP contribution in [0.2, 0.25) is 0 Å². The third kappa shape index (κ3) is 25.0. The normalized spacial score (nSPS) is 28.0. The van der Waals surface area contributed by atoms with E-state index in [0.29, 0.717) is 23.7 Å². The molecule has 7 aromatic carbocycles. The molecule has 7 aliphatic carbocycles. The maximum atomic E-state index is 12.2. The Kier molecular flexibility index (Phi) is 35.4. The summed E-state index contributed by atoms with van der Waals surface area (Å²) in [6.45, 7) is 17.3. The molecule has 0 heterocycles. The van der Waals surface area contributed by atoms with Crippen LogP contribution in [0.25, 0.3) is 30.4 Å². The number of nitrogens with zero attached hydrogens (tertiary/aromatic N) is 5. The average Bonchev–Trinajstić information content (AvgIpc) is 0.979. The monoisotopic (exact) mass is 1620 g/mol. The Balaban J connectivity index is 0.000000158. The summed E-state index contributed by atoms with van der Waals surface area (Å²) in [7, 11) is 21.0. The smallest absolute Gasteiger partial charge is 0.115 e. The Morgan fingerprint density at radius 2 is 0.608 bits per heavy atom. The van der Waals surface area contributed by atoms with Gasteiger partial charge < -0.3 is 50.0 Å². The number of hydrogen-bond donors (Lipinski definition) is 5. The molecule has 10 nitrogen and oxygen atoms in total. The molecule has 7 saturated carbocycles. The van der Waals surface area contributed by atoms with Gasteiger partial charge in [-0.3, -0.25) is 0 Å². The summed E-state index contributed by atoms with van der Waals surface area (Å²) in [5.41, 5.74) is 12.6. The minimum Gasteiger partial charge on any atom is -0.385 e. The van der Waals surface area contributed by atoms with Crippen LogP contribution in [0.4, 0.5) is 0 Å². The zero-order chi connectivity index (χ0) is 86.1. The van der Waals surface area contributed by atoms with E-state index in [0.717, 1.165) is 161 Å². The van der Waals surface area contributed by atoms with E-state index in [1.807, 2.05) is 30.3 Å². The topological polar surface area (TPSA) is 117 Å². The highest BCUT2D eigenvalue weighted by Gasteiger charge is 2.51. The molecule has 0 spiro atoms. The second kappa shape index (κ2) is 44.8. The van der Waals surface area contributed by atoms with E-state index in [-0.39, 0.29) is 23.2 Å². The zero-order valence-corrected chi connectivity index (χ0v) is 76.2. The fourth-order valence-electron chi connectivity index (χ4n) is 21.4. The highest BCUT2D eigenvalue weighted by molar-refractivity contribution is 5.61. The summed E-state index contributed by atoms with van der Waals surface area (Å²) in [4.78, 5) is 11.0. The maximum absolute atomic E-state index is 12.2. The van der Waals surface area contributed by atoms with Gasteiger partial charge in [-0.05, 0) is 289 Å². The molecular weight excluding hydrogens is 1470 g/mol. The molecule has 5 N–H and O–H groups in total. The fraction of sp³-hybridized carbons (Fsp3) is 0.509. The molecule has 10 atom stereocenters. The van der Waals surface area contributed by atoms with Crippen molar-refractivity contribution in [3.63, 3.8) is 0 Å². The van der Waals surface area contributed by atoms with Gasteiger partial charge in [0.15, 0.2) is 0 Å². The van der Waals surface area contributed by atoms with Crippen LogP contribution < -0.4 is 0 Å². The molecule has 0 aliphatic heterocycles. The van der Waals surface area contributed by atoms with E-state index in [4.69, 9.17) is 0 Å². The predicted molar refractivity (Wildman–Crippen MR) is 509 cm³/mol. The maximum Gasteiger partial charge on any atom is 0.115 e. The third-order valence-corrected chi connectivity index (χ3v) is 27.4. The van der Waals surface area contributed by atoms with E-state index in [1.165, 1.54) is 104 Å². The van der Waals surface area contributed by atoms with Crippen LogP contribution in [-0.4, -0.2) is 170 Å². The molecule has 7 aliphatic rings. The van der Waals surface area contributed by atoms with Crippen molar-refractivity contribution >= 4 is 30.4 Å². The van der Waals surface area contributed by atoms with Crippen molar-refractivity contribution < 1.29 is 25.5 Å². The van der Waals surface area contributed by atoms with Crippen LogP contribution in [0.5, 0.6) is 0 Å². The van der Waals surface area contributed by atoms with E-state index in [2.05, 4.69) is 329 Å². The molecule has 0 radical (unpaired) electrons. The standard InChI is InChI=1S/C26H35NO.C23H29NO.C22H33NO.C21H31NO.C18H25NO/c1-25(2,3)21-14-16-22(17-15-21)26(28)23(18-20-10-7-6-8-11-20)12-9-13-24(26)19-27(4)5;1-18-9-7-12-20(15-18)23(25)21(16-19-10-5-4-6-11-19)13-8-14-22(23)17-24(2)3;1-23(2)17-21-15-9-14-20(16-18-10-5-3-6-11-18)22(21,24)19-12-7-4-8-13-19;1-22(2)16-20-14-8-13-19(15-17-9-4-3-5-10-17)21(20,23)18-11-6-7-12-18;1-4-18(20)16(13-15-9-6-5-7-10-15)11-8-12-17(18)14-19(2)3/h6-8,10-11,14-18,24,28H,9,12-13,19H2,1-5H3;4-7,9-12,15-16,22,25H,8,13-14,17H2,1-3H3;3,5-6,10-11,16,19,21,24H,4,7-9,12-15,17H2,1-2H3;3-5,9-10,15,18,20,23H,6-8,11-14,16H2,1-2H3;4-7,9-10,13,17,20H,1,8,11-12,14H2,2-3H3. The van der Waals surface area contributed by atoms with Crippen LogP contribution in [-0.2, 0) is 16.6 Å². The largest absolute Gasteiger partial charge is 0.385 e. The molecule has 0 saturated heterocycles. The summed E-state index contributed by atoms with van der Waals surface area (Å²) >= 11 is 0. The van der Waals surface area contributed by atoms with Gasteiger partial charge in [0.1, 0.15) is 16.8 Å². The summed E-state index contributed by atoms with van der Waals surface area (Å²) in [6, 6.07) is 69.1. The van der Waals surface area contributed by atoms with Gasteiger partial charge >= 0.3 is 0 Å². The van der Waals surface area contributed by atoms with Gasteiger partial charge in [-0.1, -0.05) is 302 Å². The minimum atomic E-state index is -0.922. The fourth-order valence-corrected chi connectivity index (χ4v) is 21.4. The van der Waals surface area contributed by atoms with Crippen molar-refractivity contribution in [1.82, 2.24) is 24.5 Å². The summed E-state index contributed by atoms with van der Waals surface area (Å²) in [5, 5.41) is 59.2. The second-order valence-corrected chi connectivity index (χ2v) is 38.9. The van der Waals surface area contributed by atoms with Gasteiger partial charge in [-0.15, -0.1) is 0 Å². The van der Waals surface area contributed by atoms with Gasteiger partial charge in [-0.2, -0.15) is 0 Å². The number of aryl methyl sites for hydroxylation is 1. The number of benzene rings is 7. The molecule has 0 amide bonds. The molecule has 0 bridgehead atoms. The molecule has 0 aromatic heterocycles. The predicted octanol–water partition coefficient (Wildman–Crippen LogP) is 22.7. The first kappa shape index (κ1) is 94.8. The lowest BCUT2D eigenvalue weighted by molar-refractivity contribution is -0.0706. The molecule has 648 valence electrons. The van der Waals surface area contributed by atoms with E-state index < -0.39 is 28.0 Å². The van der Waals surface area contributed by atoms with Crippen molar-refractivity contribution in [2.75, 3.05) is 103 Å². The second-order valence-electron chi connectivity index (χ2n) is 38.9. The molecule has 7 fully saturated rings. The van der Waals surface area contributed by atoms with Gasteiger partial charge in [0.05, 0.1) is 11.2 Å². The van der Waals surface area contributed by atoms with Crippen LogP contribution >= 0.6 is 0 Å². The first-order valence-electron chi connectivity index (χ1n) is 46.0. The molecule has 14 rings (SSSR count). The molecule has 120 heavy (non-hydrogen) atoms.